The Morgan fingerprint density at radius 3 is 2.72 bits per heavy atom. The second-order valence-electron chi connectivity index (χ2n) is 4.46. The number of para-hydroxylation sites is 1. The number of aromatic nitrogens is 1. The minimum absolute atomic E-state index is 0.289. The number of phenols is 1. The van der Waals surface area contributed by atoms with E-state index in [4.69, 9.17) is 0 Å². The number of hydrogen-bond donors (Lipinski definition) is 1. The lowest BCUT2D eigenvalue weighted by Gasteiger charge is -2.01. The molecule has 0 aliphatic carbocycles. The highest BCUT2D eigenvalue weighted by Gasteiger charge is 2.11. The Kier molecular flexibility index (Phi) is 2.56. The molecule has 3 rings (SSSR count). The van der Waals surface area contributed by atoms with Crippen molar-refractivity contribution in [1.29, 1.82) is 0 Å². The third-order valence-corrected chi connectivity index (χ3v) is 4.06. The molecule has 0 spiro atoms. The maximum Gasteiger partial charge on any atom is 0.128 e. The molecule has 1 N–H and O–H groups in total. The van der Waals surface area contributed by atoms with Crippen molar-refractivity contribution in [2.75, 3.05) is 0 Å². The van der Waals surface area contributed by atoms with Gasteiger partial charge in [0.2, 0.25) is 0 Å². The molecule has 2 nitrogen and oxygen atoms in total. The fourth-order valence-electron chi connectivity index (χ4n) is 2.02. The Hall–Kier alpha value is -1.87. The highest BCUT2D eigenvalue weighted by molar-refractivity contribution is 7.21. The van der Waals surface area contributed by atoms with Crippen LogP contribution >= 0.6 is 11.3 Å². The first-order chi connectivity index (χ1) is 8.65. The Bertz CT molecular complexity index is 730. The monoisotopic (exact) mass is 255 g/mol. The van der Waals surface area contributed by atoms with Crippen molar-refractivity contribution in [2.45, 2.75) is 13.8 Å². The van der Waals surface area contributed by atoms with Gasteiger partial charge >= 0.3 is 0 Å². The summed E-state index contributed by atoms with van der Waals surface area (Å²) >= 11 is 1.62. The van der Waals surface area contributed by atoms with Crippen molar-refractivity contribution in [2.24, 2.45) is 0 Å². The minimum Gasteiger partial charge on any atom is -0.507 e. The third-order valence-electron chi connectivity index (χ3n) is 3.00. The van der Waals surface area contributed by atoms with Gasteiger partial charge in [-0.1, -0.05) is 23.8 Å². The molecule has 0 saturated carbocycles. The molecule has 0 aliphatic rings. The van der Waals surface area contributed by atoms with Gasteiger partial charge in [0.1, 0.15) is 10.8 Å². The predicted octanol–water partition coefficient (Wildman–Crippen LogP) is 4.29. The van der Waals surface area contributed by atoms with Gasteiger partial charge < -0.3 is 5.11 Å². The van der Waals surface area contributed by atoms with Crippen molar-refractivity contribution in [1.82, 2.24) is 4.98 Å². The van der Waals surface area contributed by atoms with E-state index in [2.05, 4.69) is 24.0 Å². The highest BCUT2D eigenvalue weighted by atomic mass is 32.1. The van der Waals surface area contributed by atoms with Gasteiger partial charge in [0.05, 0.1) is 15.8 Å². The van der Waals surface area contributed by atoms with Crippen LogP contribution in [-0.2, 0) is 0 Å². The van der Waals surface area contributed by atoms with E-state index in [-0.39, 0.29) is 5.75 Å². The van der Waals surface area contributed by atoms with Crippen LogP contribution in [-0.4, -0.2) is 10.1 Å². The Morgan fingerprint density at radius 2 is 1.94 bits per heavy atom. The van der Waals surface area contributed by atoms with E-state index in [1.54, 1.807) is 17.4 Å². The summed E-state index contributed by atoms with van der Waals surface area (Å²) in [4.78, 5) is 4.64. The topological polar surface area (TPSA) is 33.1 Å². The van der Waals surface area contributed by atoms with Gasteiger partial charge in [-0.05, 0) is 37.6 Å². The van der Waals surface area contributed by atoms with Crippen LogP contribution in [0.25, 0.3) is 20.8 Å². The van der Waals surface area contributed by atoms with Gasteiger partial charge in [0, 0.05) is 0 Å². The zero-order valence-corrected chi connectivity index (χ0v) is 11.1. The van der Waals surface area contributed by atoms with Gasteiger partial charge in [0.25, 0.3) is 0 Å². The normalized spacial score (nSPS) is 11.0. The number of aromatic hydroxyl groups is 1. The summed E-state index contributed by atoms with van der Waals surface area (Å²) in [5, 5.41) is 10.8. The first-order valence-corrected chi connectivity index (χ1v) is 6.63. The molecule has 3 heteroatoms. The fourth-order valence-corrected chi connectivity index (χ4v) is 3.09. The predicted molar refractivity (Wildman–Crippen MR) is 76.2 cm³/mol. The number of hydrogen-bond acceptors (Lipinski definition) is 3. The van der Waals surface area contributed by atoms with Crippen LogP contribution < -0.4 is 0 Å². The molecule has 0 fully saturated rings. The molecule has 2 aromatic carbocycles. The van der Waals surface area contributed by atoms with E-state index in [0.29, 0.717) is 0 Å². The van der Waals surface area contributed by atoms with Gasteiger partial charge in [-0.25, -0.2) is 4.98 Å². The summed E-state index contributed by atoms with van der Waals surface area (Å²) in [6, 6.07) is 11.8. The van der Waals surface area contributed by atoms with Gasteiger partial charge in [-0.2, -0.15) is 0 Å². The van der Waals surface area contributed by atoms with E-state index in [1.807, 2.05) is 25.1 Å². The standard InChI is InChI=1S/C15H13NOS/c1-9-6-7-12(17)11(8-9)15-16-14-10(2)4-3-5-13(14)18-15/h3-8,17H,1-2H3. The van der Waals surface area contributed by atoms with Crippen molar-refractivity contribution in [3.63, 3.8) is 0 Å². The number of phenolic OH excluding ortho intramolecular Hbond substituents is 1. The van der Waals surface area contributed by atoms with Crippen LogP contribution in [0.2, 0.25) is 0 Å². The van der Waals surface area contributed by atoms with Crippen LogP contribution in [0, 0.1) is 13.8 Å². The second kappa shape index (κ2) is 4.10. The molecule has 0 amide bonds. The molecule has 0 aliphatic heterocycles. The SMILES string of the molecule is Cc1ccc(O)c(-c2nc3c(C)cccc3s2)c1. The minimum atomic E-state index is 0.289. The number of fused-ring (bicyclic) bond motifs is 1. The summed E-state index contributed by atoms with van der Waals surface area (Å²) in [6.07, 6.45) is 0. The maximum atomic E-state index is 9.95. The zero-order valence-electron chi connectivity index (χ0n) is 10.3. The quantitative estimate of drug-likeness (QED) is 0.703. The molecule has 3 aromatic rings. The Labute approximate surface area is 110 Å². The lowest BCUT2D eigenvalue weighted by atomic mass is 10.1. The average molecular weight is 255 g/mol. The Balaban J connectivity index is 2.26. The molecule has 0 radical (unpaired) electrons. The van der Waals surface area contributed by atoms with E-state index in [9.17, 15) is 5.11 Å². The molecule has 0 saturated heterocycles. The molecular formula is C15H13NOS. The molecule has 0 atom stereocenters. The first-order valence-electron chi connectivity index (χ1n) is 5.81. The maximum absolute atomic E-state index is 9.95. The first kappa shape index (κ1) is 11.2. The van der Waals surface area contributed by atoms with E-state index in [1.165, 1.54) is 5.56 Å². The summed E-state index contributed by atoms with van der Waals surface area (Å²) in [5.74, 6) is 0.289. The van der Waals surface area contributed by atoms with Crippen molar-refractivity contribution in [3.05, 3.63) is 47.5 Å². The van der Waals surface area contributed by atoms with Crippen LogP contribution in [0.3, 0.4) is 0 Å². The van der Waals surface area contributed by atoms with Crippen molar-refractivity contribution in [3.8, 4) is 16.3 Å². The Morgan fingerprint density at radius 1 is 1.11 bits per heavy atom. The van der Waals surface area contributed by atoms with Crippen LogP contribution in [0.4, 0.5) is 0 Å². The third kappa shape index (κ3) is 1.77. The molecule has 18 heavy (non-hydrogen) atoms. The van der Waals surface area contributed by atoms with Crippen LogP contribution in [0.5, 0.6) is 5.75 Å². The van der Waals surface area contributed by atoms with Crippen LogP contribution in [0.1, 0.15) is 11.1 Å². The highest BCUT2D eigenvalue weighted by Crippen LogP contribution is 2.36. The zero-order chi connectivity index (χ0) is 12.7. The molecule has 1 aromatic heterocycles. The lowest BCUT2D eigenvalue weighted by Crippen LogP contribution is -1.80. The smallest absolute Gasteiger partial charge is 0.128 e. The number of nitrogens with zero attached hydrogens (tertiary/aromatic N) is 1. The molecular weight excluding hydrogens is 242 g/mol. The lowest BCUT2D eigenvalue weighted by molar-refractivity contribution is 0.477. The fraction of sp³-hybridized carbons (Fsp3) is 0.133. The number of rotatable bonds is 1. The van der Waals surface area contributed by atoms with E-state index >= 15 is 0 Å². The summed E-state index contributed by atoms with van der Waals surface area (Å²) in [5.41, 5.74) is 4.13. The molecule has 0 bridgehead atoms. The summed E-state index contributed by atoms with van der Waals surface area (Å²) < 4.78 is 1.16. The van der Waals surface area contributed by atoms with E-state index in [0.717, 1.165) is 26.4 Å². The van der Waals surface area contributed by atoms with Gasteiger partial charge in [-0.15, -0.1) is 11.3 Å². The number of aryl methyl sites for hydroxylation is 2. The average Bonchev–Trinajstić information content (AvgIpc) is 2.77. The summed E-state index contributed by atoms with van der Waals surface area (Å²) in [6.45, 7) is 4.07. The van der Waals surface area contributed by atoms with Crippen molar-refractivity contribution >= 4 is 21.6 Å². The summed E-state index contributed by atoms with van der Waals surface area (Å²) in [7, 11) is 0. The van der Waals surface area contributed by atoms with Crippen molar-refractivity contribution < 1.29 is 5.11 Å². The van der Waals surface area contributed by atoms with E-state index < -0.39 is 0 Å². The van der Waals surface area contributed by atoms with Crippen LogP contribution in [0.15, 0.2) is 36.4 Å². The number of benzene rings is 2. The number of thiazole rings is 1. The molecule has 90 valence electrons. The van der Waals surface area contributed by atoms with Gasteiger partial charge in [-0.3, -0.25) is 0 Å². The largest absolute Gasteiger partial charge is 0.507 e. The van der Waals surface area contributed by atoms with Gasteiger partial charge in [0.15, 0.2) is 0 Å². The second-order valence-corrected chi connectivity index (χ2v) is 5.49. The molecule has 1 heterocycles. The molecule has 0 unspecified atom stereocenters.